The molecule has 0 fully saturated rings. The van der Waals surface area contributed by atoms with Gasteiger partial charge >= 0.3 is 12.2 Å². The summed E-state index contributed by atoms with van der Waals surface area (Å²) in [5.41, 5.74) is 9.25. The normalized spacial score (nSPS) is 10.6. The van der Waals surface area contributed by atoms with E-state index in [4.69, 9.17) is 32.5 Å². The number of aromatic nitrogens is 9. The van der Waals surface area contributed by atoms with Crippen LogP contribution < -0.4 is 48.7 Å². The molecular formula is C36H69ClN18O4S3. The molecule has 0 radical (unpaired) electrons. The molecule has 0 bridgehead atoms. The molecule has 0 aliphatic carbocycles. The van der Waals surface area contributed by atoms with Gasteiger partial charge in [-0.1, -0.05) is 56.1 Å². The Morgan fingerprint density at radius 2 is 0.823 bits per heavy atom. The fourth-order valence-electron chi connectivity index (χ4n) is 3.68. The van der Waals surface area contributed by atoms with Crippen molar-refractivity contribution in [2.24, 2.45) is 11.5 Å². The Bertz CT molecular complexity index is 1670. The van der Waals surface area contributed by atoms with E-state index >= 15 is 0 Å². The predicted molar refractivity (Wildman–Crippen MR) is 255 cm³/mol. The van der Waals surface area contributed by atoms with Crippen molar-refractivity contribution in [1.82, 2.24) is 55.5 Å². The number of alkyl carbamates (subject to hydrolysis) is 2. The lowest BCUT2D eigenvalue weighted by Crippen LogP contribution is -2.35. The molecule has 0 aromatic carbocycles. The minimum absolute atomic E-state index is 0.131. The Hall–Kier alpha value is -4.17. The Kier molecular flexibility index (Phi) is 31.1. The first kappa shape index (κ1) is 57.8. The number of amides is 2. The van der Waals surface area contributed by atoms with E-state index in [0.29, 0.717) is 84.5 Å². The smallest absolute Gasteiger partial charge is 0.407 e. The van der Waals surface area contributed by atoms with E-state index in [2.05, 4.69) is 95.9 Å². The third-order valence-corrected chi connectivity index (χ3v) is 7.82. The maximum atomic E-state index is 11.5. The van der Waals surface area contributed by atoms with Gasteiger partial charge in [0.15, 0.2) is 15.5 Å². The Labute approximate surface area is 384 Å². The van der Waals surface area contributed by atoms with Crippen LogP contribution in [0.25, 0.3) is 0 Å². The molecular weight excluding hydrogens is 880 g/mol. The molecule has 3 aromatic heterocycles. The van der Waals surface area contributed by atoms with Gasteiger partial charge in [0.1, 0.15) is 11.2 Å². The van der Waals surface area contributed by atoms with Crippen molar-refractivity contribution in [2.45, 2.75) is 102 Å². The lowest BCUT2D eigenvalue weighted by atomic mass is 10.2. The number of nitrogens with zero attached hydrogens (tertiary/aromatic N) is 9. The van der Waals surface area contributed by atoms with E-state index in [1.807, 2.05) is 67.2 Å². The van der Waals surface area contributed by atoms with Gasteiger partial charge in [-0.2, -0.15) is 44.9 Å². The number of nitrogens with two attached hydrogens (primary N) is 2. The second-order valence-electron chi connectivity index (χ2n) is 14.0. The largest absolute Gasteiger partial charge is 0.444 e. The first-order chi connectivity index (χ1) is 29.3. The fraction of sp³-hybridized carbons (Fsp3) is 0.694. The fourth-order valence-corrected chi connectivity index (χ4v) is 4.95. The van der Waals surface area contributed by atoms with Crippen molar-refractivity contribution < 1.29 is 19.1 Å². The average molecular weight is 950 g/mol. The third kappa shape index (κ3) is 30.8. The van der Waals surface area contributed by atoms with Crippen molar-refractivity contribution in [3.05, 3.63) is 5.28 Å². The molecule has 3 rings (SSSR count). The lowest BCUT2D eigenvalue weighted by molar-refractivity contribution is 0.0518. The topological polar surface area (TPSA) is 305 Å². The number of ether oxygens (including phenoxy) is 2. The molecule has 352 valence electrons. The summed E-state index contributed by atoms with van der Waals surface area (Å²) in [5.74, 6) is 2.59. The van der Waals surface area contributed by atoms with Gasteiger partial charge in [0.25, 0.3) is 0 Å². The number of hydrogen-bond acceptors (Lipinski definition) is 23. The molecule has 0 aliphatic rings. The van der Waals surface area contributed by atoms with E-state index in [1.54, 1.807) is 0 Å². The molecule has 11 N–H and O–H groups in total. The molecule has 3 heterocycles. The van der Waals surface area contributed by atoms with E-state index < -0.39 is 23.4 Å². The van der Waals surface area contributed by atoms with Gasteiger partial charge in [-0.3, -0.25) is 0 Å². The van der Waals surface area contributed by atoms with Gasteiger partial charge in [0, 0.05) is 52.4 Å². The quantitative estimate of drug-likeness (QED) is 0.0513. The molecule has 0 saturated heterocycles. The molecule has 0 spiro atoms. The molecule has 0 atom stereocenters. The van der Waals surface area contributed by atoms with Crippen LogP contribution >= 0.6 is 46.9 Å². The highest BCUT2D eigenvalue weighted by molar-refractivity contribution is 7.98. The minimum Gasteiger partial charge on any atom is -0.444 e. The Morgan fingerprint density at radius 1 is 0.516 bits per heavy atom. The SMILES string of the molecule is CCCNc1nc(NCCN)nc(SC)n1.CCCNc1nc(NCCNC(=O)OC(C)(C)C)nc(SC)n1.CCN.CSc1nc(Cl)nc(NCCNC(=O)OC(C)(C)C)n1. The van der Waals surface area contributed by atoms with Crippen molar-refractivity contribution in [2.75, 3.05) is 104 Å². The van der Waals surface area contributed by atoms with Crippen LogP contribution in [0.15, 0.2) is 15.5 Å². The van der Waals surface area contributed by atoms with Crippen LogP contribution in [-0.2, 0) is 9.47 Å². The van der Waals surface area contributed by atoms with Crippen molar-refractivity contribution in [3.63, 3.8) is 0 Å². The zero-order chi connectivity index (χ0) is 47.0. The van der Waals surface area contributed by atoms with Gasteiger partial charge < -0.3 is 58.2 Å². The standard InChI is InChI=1S/C14H26N6O2S.C11H18ClN5O2S.C9H18N6S.C2H7N/c1-6-7-15-10-18-11(20-12(19-10)23-5)16-8-9-17-13(21)22-14(2,3)4;1-11(2,3)19-10(18)14-6-5-13-8-15-7(12)16-9(17-8)20-4;1-3-5-11-7-13-8(12-6-4-10)15-9(14-7)16-2;1-2-3/h6-9H2,1-5H3,(H,17,21)(H2,15,16,18,19,20);5-6H2,1-4H3,(H,14,18)(H,13,15,16,17);3-6,10H2,1-2H3,(H2,11,12,13,14,15);2-3H2,1H3. The van der Waals surface area contributed by atoms with E-state index in [-0.39, 0.29) is 5.28 Å². The summed E-state index contributed by atoms with van der Waals surface area (Å²) < 4.78 is 10.3. The highest BCUT2D eigenvalue weighted by atomic mass is 35.5. The molecule has 22 nitrogen and oxygen atoms in total. The molecule has 2 amide bonds. The van der Waals surface area contributed by atoms with Crippen LogP contribution in [-0.4, -0.2) is 146 Å². The number of nitrogens with one attached hydrogen (secondary N) is 7. The Balaban J connectivity index is 0.000000883. The van der Waals surface area contributed by atoms with E-state index in [0.717, 1.165) is 32.5 Å². The minimum atomic E-state index is -0.507. The molecule has 0 aliphatic heterocycles. The van der Waals surface area contributed by atoms with E-state index in [9.17, 15) is 9.59 Å². The molecule has 0 unspecified atom stereocenters. The van der Waals surface area contributed by atoms with Crippen LogP contribution in [0.4, 0.5) is 39.3 Å². The number of rotatable bonds is 20. The first-order valence-corrected chi connectivity index (χ1v) is 24.0. The third-order valence-electron chi connectivity index (χ3n) is 6.01. The monoisotopic (exact) mass is 948 g/mol. The van der Waals surface area contributed by atoms with Gasteiger partial charge in [-0.25, -0.2) is 9.59 Å². The summed E-state index contributed by atoms with van der Waals surface area (Å²) >= 11 is 10.1. The maximum absolute atomic E-state index is 11.5. The zero-order valence-electron chi connectivity index (χ0n) is 38.2. The predicted octanol–water partition coefficient (Wildman–Crippen LogP) is 5.29. The number of carbonyl (C=O) groups excluding carboxylic acids is 2. The summed E-state index contributed by atoms with van der Waals surface area (Å²) in [6.07, 6.45) is 6.81. The molecule has 26 heteroatoms. The van der Waals surface area contributed by atoms with E-state index in [1.165, 1.54) is 35.3 Å². The van der Waals surface area contributed by atoms with Gasteiger partial charge in [0.2, 0.25) is 35.0 Å². The summed E-state index contributed by atoms with van der Waals surface area (Å²) in [6.45, 7) is 22.3. The number of thioether (sulfide) groups is 3. The highest BCUT2D eigenvalue weighted by Crippen LogP contribution is 2.16. The maximum Gasteiger partial charge on any atom is 0.407 e. The average Bonchev–Trinajstić information content (AvgIpc) is 3.20. The summed E-state index contributed by atoms with van der Waals surface area (Å²) in [4.78, 5) is 60.5. The highest BCUT2D eigenvalue weighted by Gasteiger charge is 2.16. The van der Waals surface area contributed by atoms with Gasteiger partial charge in [-0.15, -0.1) is 0 Å². The summed E-state index contributed by atoms with van der Waals surface area (Å²) in [5, 5.41) is 22.6. The molecule has 3 aromatic rings. The number of hydrogen-bond donors (Lipinski definition) is 9. The lowest BCUT2D eigenvalue weighted by Gasteiger charge is -2.19. The number of carbonyl (C=O) groups is 2. The van der Waals surface area contributed by atoms with Crippen molar-refractivity contribution in [3.8, 4) is 0 Å². The second-order valence-corrected chi connectivity index (χ2v) is 16.7. The van der Waals surface area contributed by atoms with Crippen molar-refractivity contribution >= 4 is 88.8 Å². The number of anilines is 5. The molecule has 62 heavy (non-hydrogen) atoms. The van der Waals surface area contributed by atoms with Gasteiger partial charge in [-0.05, 0) is 91.3 Å². The van der Waals surface area contributed by atoms with Crippen LogP contribution in [0.3, 0.4) is 0 Å². The van der Waals surface area contributed by atoms with Crippen LogP contribution in [0, 0.1) is 0 Å². The van der Waals surface area contributed by atoms with Crippen LogP contribution in [0.2, 0.25) is 5.28 Å². The van der Waals surface area contributed by atoms with Gasteiger partial charge in [0.05, 0.1) is 0 Å². The number of halogens is 1. The zero-order valence-corrected chi connectivity index (χ0v) is 41.4. The van der Waals surface area contributed by atoms with Crippen molar-refractivity contribution in [1.29, 1.82) is 0 Å². The second kappa shape index (κ2) is 33.4. The van der Waals surface area contributed by atoms with Crippen LogP contribution in [0.5, 0.6) is 0 Å². The molecule has 0 saturated carbocycles. The summed E-state index contributed by atoms with van der Waals surface area (Å²) in [7, 11) is 0. The Morgan fingerprint density at radius 3 is 1.13 bits per heavy atom. The van der Waals surface area contributed by atoms with Crippen LogP contribution in [0.1, 0.15) is 75.2 Å². The summed E-state index contributed by atoms with van der Waals surface area (Å²) in [6, 6.07) is 0. The first-order valence-electron chi connectivity index (χ1n) is 19.9.